The van der Waals surface area contributed by atoms with Gasteiger partial charge in [0.15, 0.2) is 0 Å². The number of ether oxygens (including phenoxy) is 1. The number of carbonyl (C=O) groups excluding carboxylic acids is 2. The highest BCUT2D eigenvalue weighted by atomic mass is 16.8. The van der Waals surface area contributed by atoms with Crippen LogP contribution in [0.25, 0.3) is 0 Å². The molecule has 1 unspecified atom stereocenters. The van der Waals surface area contributed by atoms with Crippen LogP contribution >= 0.6 is 0 Å². The topological polar surface area (TPSA) is 88.1 Å². The number of aromatic hydroxyl groups is 1. The Bertz CT molecular complexity index is 597. The molecule has 132 valence electrons. The van der Waals surface area contributed by atoms with E-state index < -0.39 is 17.8 Å². The van der Waals surface area contributed by atoms with E-state index in [2.05, 4.69) is 5.32 Å². The highest BCUT2D eigenvalue weighted by molar-refractivity contribution is 5.96. The lowest BCUT2D eigenvalue weighted by Crippen LogP contribution is -2.48. The minimum Gasteiger partial charge on any atom is -0.506 e. The highest BCUT2D eigenvalue weighted by Gasteiger charge is 2.33. The van der Waals surface area contributed by atoms with Crippen molar-refractivity contribution < 1.29 is 24.3 Å². The first-order valence-corrected chi connectivity index (χ1v) is 8.03. The molecule has 0 bridgehead atoms. The molecule has 1 aliphatic heterocycles. The number of nitrogens with one attached hydrogen (secondary N) is 1. The number of nitrogens with zero attached hydrogens (tertiary/aromatic N) is 1. The number of hydrogen-bond donors (Lipinski definition) is 2. The monoisotopic (exact) mass is 336 g/mol. The molecule has 2 N–H and O–H groups in total. The zero-order valence-electron chi connectivity index (χ0n) is 14.2. The molecule has 7 nitrogen and oxygen atoms in total. The molecule has 1 heterocycles. The van der Waals surface area contributed by atoms with Gasteiger partial charge in [-0.15, -0.1) is 5.06 Å². The number of piperidine rings is 1. The zero-order valence-corrected chi connectivity index (χ0v) is 14.2. The molecule has 0 radical (unpaired) electrons. The molecule has 0 aromatic heterocycles. The molecule has 1 fully saturated rings. The average Bonchev–Trinajstić information content (AvgIpc) is 2.48. The number of rotatable bonds is 3. The first-order valence-electron chi connectivity index (χ1n) is 8.03. The normalized spacial score (nSPS) is 18.7. The van der Waals surface area contributed by atoms with Crippen LogP contribution in [0.3, 0.4) is 0 Å². The van der Waals surface area contributed by atoms with E-state index in [0.717, 1.165) is 12.8 Å². The molecular formula is C17H24N2O5. The van der Waals surface area contributed by atoms with E-state index >= 15 is 0 Å². The summed E-state index contributed by atoms with van der Waals surface area (Å²) in [6.07, 6.45) is 1.41. The predicted octanol–water partition coefficient (Wildman–Crippen LogP) is 3.05. The summed E-state index contributed by atoms with van der Waals surface area (Å²) in [6, 6.07) is 5.86. The van der Waals surface area contributed by atoms with Gasteiger partial charge in [0.05, 0.1) is 5.69 Å². The number of phenols is 1. The smallest absolute Gasteiger partial charge is 0.506 e. The predicted molar refractivity (Wildman–Crippen MR) is 88.4 cm³/mol. The van der Waals surface area contributed by atoms with E-state index in [0.29, 0.717) is 18.7 Å². The van der Waals surface area contributed by atoms with E-state index in [1.807, 2.05) is 0 Å². The second kappa shape index (κ2) is 7.53. The summed E-state index contributed by atoms with van der Waals surface area (Å²) in [5.41, 5.74) is -0.342. The fourth-order valence-electron chi connectivity index (χ4n) is 2.44. The Kier molecular flexibility index (Phi) is 5.66. The van der Waals surface area contributed by atoms with Crippen molar-refractivity contribution in [1.29, 1.82) is 0 Å². The zero-order chi connectivity index (χ0) is 17.7. The molecule has 1 atom stereocenters. The number of hydrogen-bond acceptors (Lipinski definition) is 6. The Morgan fingerprint density at radius 3 is 2.62 bits per heavy atom. The molecule has 1 aromatic carbocycles. The minimum absolute atomic E-state index is 0.0127. The maximum absolute atomic E-state index is 12.5. The van der Waals surface area contributed by atoms with Crippen LogP contribution in [0.2, 0.25) is 0 Å². The molecule has 1 amide bonds. The van der Waals surface area contributed by atoms with Gasteiger partial charge in [-0.05, 0) is 52.2 Å². The maximum Gasteiger partial charge on any atom is 0.528 e. The lowest BCUT2D eigenvalue weighted by Gasteiger charge is -2.33. The fourth-order valence-corrected chi connectivity index (χ4v) is 2.44. The number of anilines is 1. The van der Waals surface area contributed by atoms with Crippen molar-refractivity contribution in [3.8, 4) is 5.75 Å². The van der Waals surface area contributed by atoms with Crippen LogP contribution < -0.4 is 5.32 Å². The van der Waals surface area contributed by atoms with Gasteiger partial charge in [-0.2, -0.15) is 0 Å². The number of carbonyl (C=O) groups is 2. The second-order valence-electron chi connectivity index (χ2n) is 6.71. The lowest BCUT2D eigenvalue weighted by molar-refractivity contribution is -0.179. The number of phenolic OH excluding ortho intramolecular Hbond substituents is 1. The molecule has 2 rings (SSSR count). The van der Waals surface area contributed by atoms with E-state index in [9.17, 15) is 14.7 Å². The van der Waals surface area contributed by atoms with E-state index in [1.54, 1.807) is 39.0 Å². The molecule has 0 saturated carbocycles. The Morgan fingerprint density at radius 1 is 1.25 bits per heavy atom. The third-order valence-electron chi connectivity index (χ3n) is 3.50. The quantitative estimate of drug-likeness (QED) is 0.651. The number of amides is 1. The van der Waals surface area contributed by atoms with Crippen molar-refractivity contribution in [2.75, 3.05) is 11.9 Å². The Hall–Kier alpha value is -2.28. The fraction of sp³-hybridized carbons (Fsp3) is 0.529. The summed E-state index contributed by atoms with van der Waals surface area (Å²) in [5, 5.41) is 13.8. The average molecular weight is 336 g/mol. The summed E-state index contributed by atoms with van der Waals surface area (Å²) in [5.74, 6) is -0.346. The molecule has 24 heavy (non-hydrogen) atoms. The van der Waals surface area contributed by atoms with Gasteiger partial charge in [-0.1, -0.05) is 12.1 Å². The third kappa shape index (κ3) is 5.13. The van der Waals surface area contributed by atoms with Gasteiger partial charge in [0.2, 0.25) is 5.91 Å². The van der Waals surface area contributed by atoms with Gasteiger partial charge in [-0.25, -0.2) is 4.79 Å². The van der Waals surface area contributed by atoms with Gasteiger partial charge in [0.1, 0.15) is 17.4 Å². The van der Waals surface area contributed by atoms with Crippen molar-refractivity contribution in [3.63, 3.8) is 0 Å². The van der Waals surface area contributed by atoms with Crippen LogP contribution in [-0.2, 0) is 14.4 Å². The van der Waals surface area contributed by atoms with Crippen LogP contribution in [0, 0.1) is 0 Å². The van der Waals surface area contributed by atoms with Gasteiger partial charge in [0, 0.05) is 6.54 Å². The Morgan fingerprint density at radius 2 is 1.96 bits per heavy atom. The van der Waals surface area contributed by atoms with Gasteiger partial charge < -0.3 is 20.0 Å². The summed E-state index contributed by atoms with van der Waals surface area (Å²) < 4.78 is 5.13. The van der Waals surface area contributed by atoms with Crippen LogP contribution in [0.15, 0.2) is 24.3 Å². The molecule has 1 saturated heterocycles. The van der Waals surface area contributed by atoms with Crippen molar-refractivity contribution in [3.05, 3.63) is 24.3 Å². The van der Waals surface area contributed by atoms with E-state index in [4.69, 9.17) is 9.57 Å². The van der Waals surface area contributed by atoms with Crippen molar-refractivity contribution >= 4 is 17.7 Å². The first kappa shape index (κ1) is 18.1. The highest BCUT2D eigenvalue weighted by Crippen LogP contribution is 2.24. The van der Waals surface area contributed by atoms with Crippen molar-refractivity contribution in [1.82, 2.24) is 5.06 Å². The van der Waals surface area contributed by atoms with E-state index in [1.165, 1.54) is 11.1 Å². The summed E-state index contributed by atoms with van der Waals surface area (Å²) in [7, 11) is 0. The summed E-state index contributed by atoms with van der Waals surface area (Å²) >= 11 is 0. The number of para-hydroxylation sites is 2. The van der Waals surface area contributed by atoms with E-state index in [-0.39, 0.29) is 11.7 Å². The summed E-state index contributed by atoms with van der Waals surface area (Å²) in [6.45, 7) is 5.69. The second-order valence-corrected chi connectivity index (χ2v) is 6.71. The minimum atomic E-state index is -0.829. The molecule has 1 aromatic rings. The standard InChI is InChI=1S/C17H24N2O5/c1-17(2,3)23-16(22)24-19-11-7-6-9-13(19)15(21)18-12-8-4-5-10-14(12)20/h4-5,8,10,13,20H,6-7,9,11H2,1-3H3,(H,18,21). The Labute approximate surface area is 141 Å². The molecule has 0 aliphatic carbocycles. The van der Waals surface area contributed by atoms with Crippen molar-refractivity contribution in [2.24, 2.45) is 0 Å². The van der Waals surface area contributed by atoms with Crippen LogP contribution in [0.1, 0.15) is 40.0 Å². The van der Waals surface area contributed by atoms with Gasteiger partial charge in [0.25, 0.3) is 0 Å². The molecule has 7 heteroatoms. The van der Waals surface area contributed by atoms with Crippen molar-refractivity contribution in [2.45, 2.75) is 51.7 Å². The van der Waals surface area contributed by atoms with Crippen LogP contribution in [0.5, 0.6) is 5.75 Å². The number of benzene rings is 1. The van der Waals surface area contributed by atoms with Gasteiger partial charge >= 0.3 is 6.16 Å². The van der Waals surface area contributed by atoms with Gasteiger partial charge in [-0.3, -0.25) is 4.79 Å². The Balaban J connectivity index is 2.01. The largest absolute Gasteiger partial charge is 0.528 e. The SMILES string of the molecule is CC(C)(C)OC(=O)ON1CCCCC1C(=O)Nc1ccccc1O. The maximum atomic E-state index is 12.5. The first-order chi connectivity index (χ1) is 11.3. The summed E-state index contributed by atoms with van der Waals surface area (Å²) in [4.78, 5) is 29.6. The van der Waals surface area contributed by atoms with Crippen LogP contribution in [-0.4, -0.2) is 40.4 Å². The molecule has 0 spiro atoms. The molecular weight excluding hydrogens is 312 g/mol. The number of hydroxylamine groups is 2. The third-order valence-corrected chi connectivity index (χ3v) is 3.50. The molecule has 1 aliphatic rings. The van der Waals surface area contributed by atoms with Crippen LogP contribution in [0.4, 0.5) is 10.5 Å². The lowest BCUT2D eigenvalue weighted by atomic mass is 10.0.